The summed E-state index contributed by atoms with van der Waals surface area (Å²) in [6.45, 7) is 0. The average Bonchev–Trinajstić information content (AvgIpc) is 3.91. The normalized spacial score (nSPS) is 11.6. The van der Waals surface area contributed by atoms with Gasteiger partial charge in [0, 0.05) is 51.7 Å². The van der Waals surface area contributed by atoms with Gasteiger partial charge >= 0.3 is 0 Å². The molecule has 1 nitrogen and oxygen atoms in total. The molecule has 0 atom stereocenters. The van der Waals surface area contributed by atoms with Crippen LogP contribution in [0.5, 0.6) is 0 Å². The summed E-state index contributed by atoms with van der Waals surface area (Å²) in [7, 11) is 0. The van der Waals surface area contributed by atoms with Gasteiger partial charge in [0.2, 0.25) is 0 Å². The Hall–Kier alpha value is -7.30. The minimum absolute atomic E-state index is 1.11. The van der Waals surface area contributed by atoms with Crippen molar-refractivity contribution in [2.45, 2.75) is 0 Å². The first-order valence-corrected chi connectivity index (χ1v) is 22.4. The summed E-state index contributed by atoms with van der Waals surface area (Å²) in [4.78, 5) is 2.48. The number of thiophene rings is 2. The van der Waals surface area contributed by atoms with Crippen molar-refractivity contribution in [3.05, 3.63) is 224 Å². The van der Waals surface area contributed by atoms with Crippen molar-refractivity contribution in [1.29, 1.82) is 0 Å². The number of rotatable bonds is 7. The van der Waals surface area contributed by atoms with Crippen LogP contribution in [0.1, 0.15) is 0 Å². The third kappa shape index (κ3) is 6.21. The molecule has 286 valence electrons. The Kier molecular flexibility index (Phi) is 8.62. The molecular formula is C58H37NS2. The van der Waals surface area contributed by atoms with Gasteiger partial charge < -0.3 is 4.90 Å². The number of benzene rings is 10. The second-order valence-electron chi connectivity index (χ2n) is 15.6. The van der Waals surface area contributed by atoms with Crippen LogP contribution in [0.25, 0.3) is 95.6 Å². The summed E-state index contributed by atoms with van der Waals surface area (Å²) >= 11 is 3.76. The van der Waals surface area contributed by atoms with E-state index in [-0.39, 0.29) is 0 Å². The lowest BCUT2D eigenvalue weighted by Gasteiger charge is -2.27. The van der Waals surface area contributed by atoms with E-state index in [9.17, 15) is 0 Å². The number of hydrogen-bond acceptors (Lipinski definition) is 3. The molecule has 0 unspecified atom stereocenters. The lowest BCUT2D eigenvalue weighted by atomic mass is 9.94. The summed E-state index contributed by atoms with van der Waals surface area (Å²) in [5, 5.41) is 7.61. The molecular weight excluding hydrogens is 775 g/mol. The predicted octanol–water partition coefficient (Wildman–Crippen LogP) is 17.7. The Morgan fingerprint density at radius 2 is 0.918 bits per heavy atom. The Labute approximate surface area is 362 Å². The Balaban J connectivity index is 1.04. The van der Waals surface area contributed by atoms with Gasteiger partial charge in [-0.25, -0.2) is 0 Å². The number of fused-ring (bicyclic) bond motifs is 7. The van der Waals surface area contributed by atoms with Crippen LogP contribution in [0.2, 0.25) is 0 Å². The third-order valence-electron chi connectivity index (χ3n) is 12.1. The molecule has 12 rings (SSSR count). The molecule has 0 N–H and O–H groups in total. The highest BCUT2D eigenvalue weighted by Gasteiger charge is 2.22. The van der Waals surface area contributed by atoms with Crippen molar-refractivity contribution >= 4 is 90.9 Å². The average molecular weight is 812 g/mol. The van der Waals surface area contributed by atoms with Crippen LogP contribution in [-0.2, 0) is 0 Å². The van der Waals surface area contributed by atoms with E-state index in [1.807, 2.05) is 22.7 Å². The number of nitrogens with zero attached hydrogens (tertiary/aromatic N) is 1. The van der Waals surface area contributed by atoms with Gasteiger partial charge in [-0.15, -0.1) is 22.7 Å². The molecule has 0 bridgehead atoms. The SMILES string of the molecule is c1ccc(-c2ccc3c(c2)sc2ccc(N(c4ccc(-c5ccc6cccc(-c7ccccc7)c6c5)cc4)c4ccc(-c5ccccc5)c5sc6ccccc6c45)cc23)cc1. The molecule has 3 heteroatoms. The van der Waals surface area contributed by atoms with Gasteiger partial charge in [0.1, 0.15) is 0 Å². The molecule has 2 aromatic heterocycles. The first kappa shape index (κ1) is 35.6. The first-order valence-electron chi connectivity index (χ1n) is 20.7. The molecule has 0 amide bonds. The van der Waals surface area contributed by atoms with Gasteiger partial charge in [-0.1, -0.05) is 170 Å². The van der Waals surface area contributed by atoms with Crippen molar-refractivity contribution in [1.82, 2.24) is 0 Å². The van der Waals surface area contributed by atoms with Crippen molar-refractivity contribution in [2.24, 2.45) is 0 Å². The van der Waals surface area contributed by atoms with E-state index in [0.717, 1.165) is 11.4 Å². The largest absolute Gasteiger partial charge is 0.310 e. The standard InChI is InChI=1S/C58H37NS2/c1-4-13-38(14-5-1)44-27-31-49-52-37-46(30-34-55(52)60-56(49)36-44)59(53-33-32-48(41-17-8-3-9-18-41)58-57(53)50-20-10-11-22-54(50)61-58)45-28-25-39(26-29-45)43-24-23-42-19-12-21-47(51(42)35-43)40-15-6-2-7-16-40/h1-37H. The van der Waals surface area contributed by atoms with Gasteiger partial charge in [-0.2, -0.15) is 0 Å². The third-order valence-corrected chi connectivity index (χ3v) is 14.4. The smallest absolute Gasteiger partial charge is 0.0555 e. The Bertz CT molecular complexity index is 3570. The van der Waals surface area contributed by atoms with Gasteiger partial charge in [-0.05, 0) is 110 Å². The van der Waals surface area contributed by atoms with E-state index in [0.29, 0.717) is 0 Å². The van der Waals surface area contributed by atoms with E-state index < -0.39 is 0 Å². The van der Waals surface area contributed by atoms with Gasteiger partial charge in [0.25, 0.3) is 0 Å². The zero-order valence-electron chi connectivity index (χ0n) is 33.1. The number of hydrogen-bond donors (Lipinski definition) is 0. The van der Waals surface area contributed by atoms with E-state index in [1.165, 1.54) is 101 Å². The highest BCUT2D eigenvalue weighted by molar-refractivity contribution is 7.26. The summed E-state index contributed by atoms with van der Waals surface area (Å²) in [5.74, 6) is 0. The molecule has 0 saturated carbocycles. The second kappa shape index (κ2) is 14.8. The molecule has 0 aliphatic carbocycles. The predicted molar refractivity (Wildman–Crippen MR) is 266 cm³/mol. The molecule has 61 heavy (non-hydrogen) atoms. The summed E-state index contributed by atoms with van der Waals surface area (Å²) in [6, 6.07) is 82.4. The van der Waals surface area contributed by atoms with Crippen LogP contribution in [0, 0.1) is 0 Å². The molecule has 12 aromatic rings. The maximum atomic E-state index is 2.48. The van der Waals surface area contributed by atoms with Crippen molar-refractivity contribution < 1.29 is 0 Å². The molecule has 0 saturated heterocycles. The van der Waals surface area contributed by atoms with E-state index in [2.05, 4.69) is 229 Å². The van der Waals surface area contributed by atoms with Gasteiger partial charge in [-0.3, -0.25) is 0 Å². The fourth-order valence-electron chi connectivity index (χ4n) is 9.11. The van der Waals surface area contributed by atoms with Crippen LogP contribution in [0.3, 0.4) is 0 Å². The van der Waals surface area contributed by atoms with Crippen LogP contribution >= 0.6 is 22.7 Å². The summed E-state index contributed by atoms with van der Waals surface area (Å²) < 4.78 is 5.18. The van der Waals surface area contributed by atoms with Crippen molar-refractivity contribution in [3.8, 4) is 44.5 Å². The molecule has 0 aliphatic heterocycles. The van der Waals surface area contributed by atoms with E-state index in [4.69, 9.17) is 0 Å². The second-order valence-corrected chi connectivity index (χ2v) is 17.8. The number of anilines is 3. The van der Waals surface area contributed by atoms with E-state index >= 15 is 0 Å². The zero-order chi connectivity index (χ0) is 40.3. The minimum atomic E-state index is 1.11. The summed E-state index contributed by atoms with van der Waals surface area (Å²) in [6.07, 6.45) is 0. The Morgan fingerprint density at radius 1 is 0.295 bits per heavy atom. The van der Waals surface area contributed by atoms with E-state index in [1.54, 1.807) is 0 Å². The quantitative estimate of drug-likeness (QED) is 0.155. The highest BCUT2D eigenvalue weighted by Crippen LogP contribution is 2.49. The van der Waals surface area contributed by atoms with Gasteiger partial charge in [0.15, 0.2) is 0 Å². The van der Waals surface area contributed by atoms with Crippen LogP contribution < -0.4 is 4.90 Å². The lowest BCUT2D eigenvalue weighted by Crippen LogP contribution is -2.10. The Morgan fingerprint density at radius 3 is 1.70 bits per heavy atom. The maximum absolute atomic E-state index is 2.48. The van der Waals surface area contributed by atoms with Crippen LogP contribution in [-0.4, -0.2) is 0 Å². The maximum Gasteiger partial charge on any atom is 0.0555 e. The molecule has 0 aliphatic rings. The fourth-order valence-corrected chi connectivity index (χ4v) is 11.5. The topological polar surface area (TPSA) is 3.24 Å². The molecule has 10 aromatic carbocycles. The minimum Gasteiger partial charge on any atom is -0.310 e. The lowest BCUT2D eigenvalue weighted by molar-refractivity contribution is 1.31. The van der Waals surface area contributed by atoms with Crippen molar-refractivity contribution in [2.75, 3.05) is 4.90 Å². The molecule has 2 heterocycles. The molecule has 0 fully saturated rings. The van der Waals surface area contributed by atoms with Crippen molar-refractivity contribution in [3.63, 3.8) is 0 Å². The summed E-state index contributed by atoms with van der Waals surface area (Å²) in [5.41, 5.74) is 13.3. The zero-order valence-corrected chi connectivity index (χ0v) is 34.8. The van der Waals surface area contributed by atoms with Crippen LogP contribution in [0.15, 0.2) is 224 Å². The highest BCUT2D eigenvalue weighted by atomic mass is 32.1. The molecule has 0 radical (unpaired) electrons. The van der Waals surface area contributed by atoms with Crippen LogP contribution in [0.4, 0.5) is 17.1 Å². The fraction of sp³-hybridized carbons (Fsp3) is 0. The van der Waals surface area contributed by atoms with Gasteiger partial charge in [0.05, 0.1) is 5.69 Å². The molecule has 0 spiro atoms. The first-order chi connectivity index (χ1) is 30.2. The monoisotopic (exact) mass is 811 g/mol.